The van der Waals surface area contributed by atoms with Crippen molar-refractivity contribution >= 4 is 11.3 Å². The Morgan fingerprint density at radius 2 is 2.43 bits per heavy atom. The average molecular weight is 209 g/mol. The molecule has 1 aromatic heterocycles. The van der Waals surface area contributed by atoms with Gasteiger partial charge in [0.1, 0.15) is 0 Å². The minimum atomic E-state index is 0.562. The van der Waals surface area contributed by atoms with E-state index >= 15 is 0 Å². The molecule has 1 saturated carbocycles. The minimum absolute atomic E-state index is 0.562. The van der Waals surface area contributed by atoms with E-state index in [1.807, 2.05) is 0 Å². The van der Waals surface area contributed by atoms with E-state index < -0.39 is 0 Å². The summed E-state index contributed by atoms with van der Waals surface area (Å²) in [6.45, 7) is 5.79. The third-order valence-electron chi connectivity index (χ3n) is 3.14. The van der Waals surface area contributed by atoms with Crippen molar-refractivity contribution in [1.82, 2.24) is 5.32 Å². The number of nitrogens with one attached hydrogen (secondary N) is 1. The molecule has 2 rings (SSSR count). The molecule has 2 heteroatoms. The first kappa shape index (κ1) is 10.2. The molecular formula is C12H19NS. The van der Waals surface area contributed by atoms with Crippen LogP contribution in [0.2, 0.25) is 0 Å². The molecule has 0 amide bonds. The number of rotatable bonds is 3. The Bertz CT molecular complexity index is 277. The van der Waals surface area contributed by atoms with E-state index in [0.717, 1.165) is 12.6 Å². The van der Waals surface area contributed by atoms with Gasteiger partial charge in [0.2, 0.25) is 0 Å². The normalized spacial score (nSPS) is 25.4. The van der Waals surface area contributed by atoms with Gasteiger partial charge in [-0.25, -0.2) is 0 Å². The molecule has 1 unspecified atom stereocenters. The molecule has 78 valence electrons. The fourth-order valence-electron chi connectivity index (χ4n) is 2.27. The number of hydrogen-bond acceptors (Lipinski definition) is 2. The molecule has 0 saturated heterocycles. The highest BCUT2D eigenvalue weighted by atomic mass is 32.1. The molecule has 0 spiro atoms. The molecule has 0 aliphatic heterocycles. The quantitative estimate of drug-likeness (QED) is 0.804. The highest BCUT2D eigenvalue weighted by Gasteiger charge is 2.30. The summed E-state index contributed by atoms with van der Waals surface area (Å²) in [5, 5.41) is 8.02. The maximum absolute atomic E-state index is 3.65. The molecule has 1 atom stereocenters. The lowest BCUT2D eigenvalue weighted by atomic mass is 9.92. The van der Waals surface area contributed by atoms with E-state index in [-0.39, 0.29) is 0 Å². The second-order valence-electron chi connectivity index (χ2n) is 5.12. The Labute approximate surface area is 90.5 Å². The van der Waals surface area contributed by atoms with Crippen LogP contribution in [0.15, 0.2) is 16.8 Å². The van der Waals surface area contributed by atoms with Crippen molar-refractivity contribution in [3.8, 4) is 0 Å². The van der Waals surface area contributed by atoms with Crippen LogP contribution in [0.25, 0.3) is 0 Å². The van der Waals surface area contributed by atoms with Crippen molar-refractivity contribution in [2.75, 3.05) is 0 Å². The van der Waals surface area contributed by atoms with Crippen molar-refractivity contribution in [2.24, 2.45) is 5.41 Å². The summed E-state index contributed by atoms with van der Waals surface area (Å²) in [6, 6.07) is 2.95. The van der Waals surface area contributed by atoms with Crippen LogP contribution in [0.4, 0.5) is 0 Å². The van der Waals surface area contributed by atoms with Gasteiger partial charge in [-0.05, 0) is 47.1 Å². The highest BCUT2D eigenvalue weighted by Crippen LogP contribution is 2.36. The van der Waals surface area contributed by atoms with E-state index in [2.05, 4.69) is 36.0 Å². The van der Waals surface area contributed by atoms with Gasteiger partial charge in [-0.3, -0.25) is 0 Å². The van der Waals surface area contributed by atoms with Crippen molar-refractivity contribution in [1.29, 1.82) is 0 Å². The summed E-state index contributed by atoms with van der Waals surface area (Å²) in [7, 11) is 0. The monoisotopic (exact) mass is 209 g/mol. The van der Waals surface area contributed by atoms with E-state index in [0.29, 0.717) is 5.41 Å². The molecular weight excluding hydrogens is 190 g/mol. The smallest absolute Gasteiger partial charge is 0.0216 e. The zero-order chi connectivity index (χ0) is 10.0. The SMILES string of the molecule is CC1(C)CCC(NCc2ccsc2)C1. The van der Waals surface area contributed by atoms with Crippen molar-refractivity contribution in [3.63, 3.8) is 0 Å². The predicted octanol–water partition coefficient (Wildman–Crippen LogP) is 3.42. The lowest BCUT2D eigenvalue weighted by molar-refractivity contribution is 0.364. The largest absolute Gasteiger partial charge is 0.310 e. The second kappa shape index (κ2) is 4.03. The first-order valence-corrected chi connectivity index (χ1v) is 6.34. The molecule has 0 aromatic carbocycles. The molecule has 1 fully saturated rings. The van der Waals surface area contributed by atoms with E-state index in [1.165, 1.54) is 24.8 Å². The minimum Gasteiger partial charge on any atom is -0.310 e. The van der Waals surface area contributed by atoms with Gasteiger partial charge in [0.15, 0.2) is 0 Å². The van der Waals surface area contributed by atoms with E-state index in [4.69, 9.17) is 0 Å². The lowest BCUT2D eigenvalue weighted by Crippen LogP contribution is -2.26. The third kappa shape index (κ3) is 2.58. The maximum Gasteiger partial charge on any atom is 0.0216 e. The van der Waals surface area contributed by atoms with Gasteiger partial charge in [0.25, 0.3) is 0 Å². The van der Waals surface area contributed by atoms with Crippen LogP contribution < -0.4 is 5.32 Å². The van der Waals surface area contributed by atoms with Gasteiger partial charge in [-0.1, -0.05) is 13.8 Å². The van der Waals surface area contributed by atoms with Crippen LogP contribution in [0.3, 0.4) is 0 Å². The van der Waals surface area contributed by atoms with Crippen molar-refractivity contribution < 1.29 is 0 Å². The Morgan fingerprint density at radius 1 is 1.57 bits per heavy atom. The molecule has 1 heterocycles. The van der Waals surface area contributed by atoms with Gasteiger partial charge in [-0.15, -0.1) is 0 Å². The summed E-state index contributed by atoms with van der Waals surface area (Å²) in [5.41, 5.74) is 1.99. The maximum atomic E-state index is 3.65. The predicted molar refractivity (Wildman–Crippen MR) is 62.6 cm³/mol. The number of thiophene rings is 1. The molecule has 1 nitrogen and oxygen atoms in total. The van der Waals surface area contributed by atoms with Crippen LogP contribution in [-0.4, -0.2) is 6.04 Å². The van der Waals surface area contributed by atoms with Crippen LogP contribution >= 0.6 is 11.3 Å². The standard InChI is InChI=1S/C12H19NS/c1-12(2)5-3-11(7-12)13-8-10-4-6-14-9-10/h4,6,9,11,13H,3,5,7-8H2,1-2H3. The van der Waals surface area contributed by atoms with Gasteiger partial charge < -0.3 is 5.32 Å². The van der Waals surface area contributed by atoms with E-state index in [1.54, 1.807) is 11.3 Å². The molecule has 14 heavy (non-hydrogen) atoms. The third-order valence-corrected chi connectivity index (χ3v) is 3.88. The Balaban J connectivity index is 1.78. The average Bonchev–Trinajstić information content (AvgIpc) is 2.70. The second-order valence-corrected chi connectivity index (χ2v) is 5.90. The highest BCUT2D eigenvalue weighted by molar-refractivity contribution is 7.07. The topological polar surface area (TPSA) is 12.0 Å². The first-order valence-electron chi connectivity index (χ1n) is 5.40. The zero-order valence-corrected chi connectivity index (χ0v) is 9.86. The molecule has 1 aliphatic rings. The Morgan fingerprint density at radius 3 is 3.00 bits per heavy atom. The fourth-order valence-corrected chi connectivity index (χ4v) is 2.93. The molecule has 0 radical (unpaired) electrons. The summed E-state index contributed by atoms with van der Waals surface area (Å²) >= 11 is 1.78. The molecule has 1 N–H and O–H groups in total. The van der Waals surface area contributed by atoms with Crippen LogP contribution in [-0.2, 0) is 6.54 Å². The van der Waals surface area contributed by atoms with Crippen LogP contribution in [0.1, 0.15) is 38.7 Å². The molecule has 0 bridgehead atoms. The zero-order valence-electron chi connectivity index (χ0n) is 9.05. The first-order chi connectivity index (χ1) is 6.66. The summed E-state index contributed by atoms with van der Waals surface area (Å²) < 4.78 is 0. The van der Waals surface area contributed by atoms with E-state index in [9.17, 15) is 0 Å². The lowest BCUT2D eigenvalue weighted by Gasteiger charge is -2.17. The fraction of sp³-hybridized carbons (Fsp3) is 0.667. The van der Waals surface area contributed by atoms with Crippen molar-refractivity contribution in [3.05, 3.63) is 22.4 Å². The summed E-state index contributed by atoms with van der Waals surface area (Å²) in [4.78, 5) is 0. The summed E-state index contributed by atoms with van der Waals surface area (Å²) in [6.07, 6.45) is 4.04. The van der Waals surface area contributed by atoms with Gasteiger partial charge in [-0.2, -0.15) is 11.3 Å². The number of hydrogen-bond donors (Lipinski definition) is 1. The molecule has 1 aliphatic carbocycles. The van der Waals surface area contributed by atoms with Gasteiger partial charge in [0, 0.05) is 12.6 Å². The Hall–Kier alpha value is -0.340. The van der Waals surface area contributed by atoms with Gasteiger partial charge in [0.05, 0.1) is 0 Å². The van der Waals surface area contributed by atoms with Crippen LogP contribution in [0.5, 0.6) is 0 Å². The van der Waals surface area contributed by atoms with Crippen LogP contribution in [0, 0.1) is 5.41 Å². The molecule has 1 aromatic rings. The summed E-state index contributed by atoms with van der Waals surface area (Å²) in [5.74, 6) is 0. The van der Waals surface area contributed by atoms with Crippen molar-refractivity contribution in [2.45, 2.75) is 45.7 Å². The Kier molecular flexibility index (Phi) is 2.93. The van der Waals surface area contributed by atoms with Gasteiger partial charge >= 0.3 is 0 Å².